The van der Waals surface area contributed by atoms with Crippen LogP contribution in [0.2, 0.25) is 0 Å². The smallest absolute Gasteiger partial charge is 0.311 e. The third kappa shape index (κ3) is 2.73. The summed E-state index contributed by atoms with van der Waals surface area (Å²) in [6.07, 6.45) is -3.06. The summed E-state index contributed by atoms with van der Waals surface area (Å²) in [5, 5.41) is 18.0. The normalized spacial score (nSPS) is 10.7. The summed E-state index contributed by atoms with van der Waals surface area (Å²) in [5.41, 5.74) is 0. The van der Waals surface area contributed by atoms with E-state index in [0.29, 0.717) is 0 Å². The van der Waals surface area contributed by atoms with Crippen molar-refractivity contribution in [2.75, 3.05) is 0 Å². The van der Waals surface area contributed by atoms with E-state index < -0.39 is 25.4 Å². The quantitative estimate of drug-likeness (QED) is 0.699. The molecule has 0 aliphatic heterocycles. The maximum atomic E-state index is 11.9. The van der Waals surface area contributed by atoms with Crippen molar-refractivity contribution >= 4 is 5.97 Å². The summed E-state index contributed by atoms with van der Waals surface area (Å²) in [7, 11) is 0. The van der Waals surface area contributed by atoms with Gasteiger partial charge in [-0.1, -0.05) is 0 Å². The van der Waals surface area contributed by atoms with Gasteiger partial charge in [-0.15, -0.1) is 5.10 Å². The number of carbonyl (C=O) groups is 1. The molecule has 0 unspecified atom stereocenters. The molecule has 0 saturated carbocycles. The number of aromatic nitrogens is 4. The SMILES string of the molecule is O=C(O)Cc1nnnn1CC(F)F. The fourth-order valence-corrected chi connectivity index (χ4v) is 0.758. The number of carboxylic acids is 1. The second-order valence-electron chi connectivity index (χ2n) is 2.24. The van der Waals surface area contributed by atoms with E-state index in [1.165, 1.54) is 0 Å². The number of hydrogen-bond donors (Lipinski definition) is 1. The van der Waals surface area contributed by atoms with E-state index in [4.69, 9.17) is 5.11 Å². The van der Waals surface area contributed by atoms with E-state index in [9.17, 15) is 13.6 Å². The van der Waals surface area contributed by atoms with E-state index in [0.717, 1.165) is 4.68 Å². The zero-order valence-electron chi connectivity index (χ0n) is 6.39. The van der Waals surface area contributed by atoms with Crippen molar-refractivity contribution in [1.29, 1.82) is 0 Å². The lowest BCUT2D eigenvalue weighted by atomic mass is 10.4. The van der Waals surface area contributed by atoms with Gasteiger partial charge in [0.05, 0.1) is 0 Å². The monoisotopic (exact) mass is 192 g/mol. The lowest BCUT2D eigenvalue weighted by molar-refractivity contribution is -0.136. The van der Waals surface area contributed by atoms with Gasteiger partial charge in [0.2, 0.25) is 0 Å². The van der Waals surface area contributed by atoms with Crippen LogP contribution in [0.5, 0.6) is 0 Å². The molecule has 0 aliphatic carbocycles. The Bertz CT molecular complexity index is 300. The van der Waals surface area contributed by atoms with Crippen LogP contribution in [-0.2, 0) is 17.8 Å². The van der Waals surface area contributed by atoms with Gasteiger partial charge >= 0.3 is 5.97 Å². The Labute approximate surface area is 71.2 Å². The topological polar surface area (TPSA) is 80.9 Å². The molecular formula is C5H6F2N4O2. The predicted molar refractivity (Wildman–Crippen MR) is 35.2 cm³/mol. The van der Waals surface area contributed by atoms with Crippen molar-refractivity contribution in [3.63, 3.8) is 0 Å². The number of carboxylic acid groups (broad SMARTS) is 1. The summed E-state index contributed by atoms with van der Waals surface area (Å²) in [4.78, 5) is 10.2. The zero-order valence-corrected chi connectivity index (χ0v) is 6.39. The second kappa shape index (κ2) is 3.87. The third-order valence-corrected chi connectivity index (χ3v) is 1.23. The molecule has 6 nitrogen and oxygen atoms in total. The molecule has 0 aliphatic rings. The first kappa shape index (κ1) is 9.49. The van der Waals surface area contributed by atoms with Gasteiger partial charge in [-0.2, -0.15) is 0 Å². The molecule has 0 radical (unpaired) electrons. The molecule has 1 N–H and O–H groups in total. The van der Waals surface area contributed by atoms with Crippen molar-refractivity contribution in [3.05, 3.63) is 5.82 Å². The third-order valence-electron chi connectivity index (χ3n) is 1.23. The molecule has 72 valence electrons. The standard InChI is InChI=1S/C5H6F2N4O2/c6-3(7)2-11-4(1-5(12)13)8-9-10-11/h3H,1-2H2,(H,12,13). The number of alkyl halides is 2. The van der Waals surface area contributed by atoms with E-state index in [2.05, 4.69) is 15.5 Å². The zero-order chi connectivity index (χ0) is 9.84. The number of rotatable bonds is 4. The molecule has 8 heteroatoms. The molecule has 0 amide bonds. The van der Waals surface area contributed by atoms with Crippen LogP contribution in [-0.4, -0.2) is 37.7 Å². The fraction of sp³-hybridized carbons (Fsp3) is 0.600. The van der Waals surface area contributed by atoms with Gasteiger partial charge in [0.15, 0.2) is 5.82 Å². The molecule has 13 heavy (non-hydrogen) atoms. The summed E-state index contributed by atoms with van der Waals surface area (Å²) in [6.45, 7) is -0.685. The van der Waals surface area contributed by atoms with Gasteiger partial charge in [0.25, 0.3) is 6.43 Å². The second-order valence-corrected chi connectivity index (χ2v) is 2.24. The highest BCUT2D eigenvalue weighted by Crippen LogP contribution is 2.00. The molecule has 0 bridgehead atoms. The Hall–Kier alpha value is -1.60. The molecule has 1 heterocycles. The van der Waals surface area contributed by atoms with Crippen LogP contribution < -0.4 is 0 Å². The predicted octanol–water partition coefficient (Wildman–Crippen LogP) is -0.435. The summed E-state index contributed by atoms with van der Waals surface area (Å²) < 4.78 is 24.5. The van der Waals surface area contributed by atoms with Gasteiger partial charge in [-0.25, -0.2) is 13.5 Å². The van der Waals surface area contributed by atoms with Gasteiger partial charge in [-0.3, -0.25) is 4.79 Å². The molecule has 1 aromatic heterocycles. The van der Waals surface area contributed by atoms with Gasteiger partial charge in [0.1, 0.15) is 13.0 Å². The minimum absolute atomic E-state index is 0.0761. The van der Waals surface area contributed by atoms with Gasteiger partial charge in [0, 0.05) is 0 Å². The molecule has 0 aromatic carbocycles. The lowest BCUT2D eigenvalue weighted by Gasteiger charge is -2.00. The summed E-state index contributed by atoms with van der Waals surface area (Å²) in [5.74, 6) is -1.24. The molecule has 0 saturated heterocycles. The first-order valence-corrected chi connectivity index (χ1v) is 3.34. The van der Waals surface area contributed by atoms with Crippen molar-refractivity contribution in [1.82, 2.24) is 20.2 Å². The first-order chi connectivity index (χ1) is 6.09. The summed E-state index contributed by atoms with van der Waals surface area (Å²) in [6, 6.07) is 0. The Morgan fingerprint density at radius 3 is 2.85 bits per heavy atom. The van der Waals surface area contributed by atoms with Crippen LogP contribution in [0.3, 0.4) is 0 Å². The van der Waals surface area contributed by atoms with Crippen molar-refractivity contribution in [2.45, 2.75) is 19.4 Å². The van der Waals surface area contributed by atoms with Crippen LogP contribution in [0.4, 0.5) is 8.78 Å². The van der Waals surface area contributed by atoms with Crippen LogP contribution in [0.25, 0.3) is 0 Å². The highest BCUT2D eigenvalue weighted by Gasteiger charge is 2.13. The van der Waals surface area contributed by atoms with Crippen LogP contribution in [0, 0.1) is 0 Å². The van der Waals surface area contributed by atoms with Crippen LogP contribution in [0.15, 0.2) is 0 Å². The van der Waals surface area contributed by atoms with Gasteiger partial charge in [-0.05, 0) is 10.4 Å². The molecule has 0 spiro atoms. The average Bonchev–Trinajstić information content (AvgIpc) is 2.34. The number of hydrogen-bond acceptors (Lipinski definition) is 4. The highest BCUT2D eigenvalue weighted by atomic mass is 19.3. The Kier molecular flexibility index (Phi) is 2.83. The van der Waals surface area contributed by atoms with Crippen LogP contribution >= 0.6 is 0 Å². The van der Waals surface area contributed by atoms with Crippen molar-refractivity contribution < 1.29 is 18.7 Å². The largest absolute Gasteiger partial charge is 0.481 e. The van der Waals surface area contributed by atoms with E-state index >= 15 is 0 Å². The first-order valence-electron chi connectivity index (χ1n) is 3.34. The average molecular weight is 192 g/mol. The van der Waals surface area contributed by atoms with Crippen molar-refractivity contribution in [3.8, 4) is 0 Å². The lowest BCUT2D eigenvalue weighted by Crippen LogP contribution is -2.14. The maximum absolute atomic E-state index is 11.9. The maximum Gasteiger partial charge on any atom is 0.311 e. The van der Waals surface area contributed by atoms with Crippen LogP contribution in [0.1, 0.15) is 5.82 Å². The molecule has 1 rings (SSSR count). The Balaban J connectivity index is 2.71. The Morgan fingerprint density at radius 1 is 1.62 bits per heavy atom. The highest BCUT2D eigenvalue weighted by molar-refractivity contribution is 5.68. The molecular weight excluding hydrogens is 186 g/mol. The summed E-state index contributed by atoms with van der Waals surface area (Å²) >= 11 is 0. The minimum atomic E-state index is -2.60. The van der Waals surface area contributed by atoms with Gasteiger partial charge < -0.3 is 5.11 Å². The number of tetrazole rings is 1. The van der Waals surface area contributed by atoms with Crippen molar-refractivity contribution in [2.24, 2.45) is 0 Å². The number of nitrogens with zero attached hydrogens (tertiary/aromatic N) is 4. The molecule has 1 aromatic rings. The number of aliphatic carboxylic acids is 1. The fourth-order valence-electron chi connectivity index (χ4n) is 0.758. The number of halogens is 2. The van der Waals surface area contributed by atoms with E-state index in [1.807, 2.05) is 0 Å². The van der Waals surface area contributed by atoms with E-state index in [1.54, 1.807) is 0 Å². The molecule has 0 atom stereocenters. The van der Waals surface area contributed by atoms with E-state index in [-0.39, 0.29) is 5.82 Å². The molecule has 0 fully saturated rings. The minimum Gasteiger partial charge on any atom is -0.481 e. The Morgan fingerprint density at radius 2 is 2.31 bits per heavy atom.